The molecule has 3 heterocycles. The Labute approximate surface area is 268 Å². The molecule has 0 amide bonds. The van der Waals surface area contributed by atoms with Gasteiger partial charge in [-0.2, -0.15) is 0 Å². The van der Waals surface area contributed by atoms with Gasteiger partial charge < -0.3 is 4.90 Å². The number of anilines is 3. The molecule has 5 aromatic carbocycles. The second-order valence-corrected chi connectivity index (χ2v) is 11.1. The van der Waals surface area contributed by atoms with Crippen molar-refractivity contribution in [3.63, 3.8) is 0 Å². The lowest BCUT2D eigenvalue weighted by Gasteiger charge is -2.26. The van der Waals surface area contributed by atoms with E-state index in [0.717, 1.165) is 61.9 Å². The van der Waals surface area contributed by atoms with Crippen LogP contribution in [0, 0.1) is 0 Å². The molecular formula is C42H30N4. The van der Waals surface area contributed by atoms with E-state index in [1.54, 1.807) is 0 Å². The third-order valence-corrected chi connectivity index (χ3v) is 8.28. The molecule has 0 unspecified atom stereocenters. The molecule has 46 heavy (non-hydrogen) atoms. The number of aromatic nitrogens is 3. The van der Waals surface area contributed by atoms with Gasteiger partial charge in [-0.3, -0.25) is 9.55 Å². The summed E-state index contributed by atoms with van der Waals surface area (Å²) >= 11 is 0. The van der Waals surface area contributed by atoms with Crippen molar-refractivity contribution in [1.29, 1.82) is 0 Å². The van der Waals surface area contributed by atoms with Crippen LogP contribution in [0.15, 0.2) is 182 Å². The summed E-state index contributed by atoms with van der Waals surface area (Å²) in [4.78, 5) is 11.8. The topological polar surface area (TPSA) is 34.0 Å². The Morgan fingerprint density at radius 3 is 1.74 bits per heavy atom. The molecule has 3 aromatic heterocycles. The molecule has 0 aliphatic heterocycles. The predicted molar refractivity (Wildman–Crippen MR) is 190 cm³/mol. The number of fused-ring (bicyclic) bond motifs is 1. The highest BCUT2D eigenvalue weighted by atomic mass is 15.1. The normalized spacial score (nSPS) is 11.0. The molecule has 4 heteroatoms. The van der Waals surface area contributed by atoms with Crippen molar-refractivity contribution in [2.45, 2.75) is 0 Å². The first-order valence-corrected chi connectivity index (χ1v) is 15.4. The van der Waals surface area contributed by atoms with E-state index in [1.165, 1.54) is 5.56 Å². The van der Waals surface area contributed by atoms with Gasteiger partial charge in [0.25, 0.3) is 0 Å². The Hall–Kier alpha value is -6.26. The second-order valence-electron chi connectivity index (χ2n) is 11.1. The average molecular weight is 591 g/mol. The summed E-state index contributed by atoms with van der Waals surface area (Å²) in [6.45, 7) is 0. The summed E-state index contributed by atoms with van der Waals surface area (Å²) in [6, 6.07) is 59.3. The van der Waals surface area contributed by atoms with Crippen LogP contribution >= 0.6 is 0 Å². The van der Waals surface area contributed by atoms with Gasteiger partial charge in [-0.15, -0.1) is 0 Å². The maximum absolute atomic E-state index is 4.87. The molecule has 0 aliphatic rings. The van der Waals surface area contributed by atoms with Crippen molar-refractivity contribution in [1.82, 2.24) is 14.5 Å². The molecule has 8 aromatic rings. The van der Waals surface area contributed by atoms with E-state index >= 15 is 0 Å². The number of rotatable bonds is 7. The van der Waals surface area contributed by atoms with Gasteiger partial charge in [0.15, 0.2) is 0 Å². The first-order valence-electron chi connectivity index (χ1n) is 15.4. The molecule has 218 valence electrons. The van der Waals surface area contributed by atoms with Crippen LogP contribution in [0.1, 0.15) is 0 Å². The van der Waals surface area contributed by atoms with Gasteiger partial charge in [-0.05, 0) is 71.8 Å². The minimum atomic E-state index is 0.870. The van der Waals surface area contributed by atoms with Crippen LogP contribution in [0.3, 0.4) is 0 Å². The van der Waals surface area contributed by atoms with Crippen LogP contribution in [0.2, 0.25) is 0 Å². The fraction of sp³-hybridized carbons (Fsp3) is 0. The van der Waals surface area contributed by atoms with E-state index in [2.05, 4.69) is 154 Å². The van der Waals surface area contributed by atoms with Crippen molar-refractivity contribution in [2.24, 2.45) is 0 Å². The Balaban J connectivity index is 1.42. The number of hydrogen-bond donors (Lipinski definition) is 0. The largest absolute Gasteiger partial charge is 0.310 e. The van der Waals surface area contributed by atoms with Gasteiger partial charge >= 0.3 is 0 Å². The third-order valence-electron chi connectivity index (χ3n) is 8.28. The van der Waals surface area contributed by atoms with Crippen LogP contribution in [-0.4, -0.2) is 14.5 Å². The second kappa shape index (κ2) is 12.0. The average Bonchev–Trinajstić information content (AvgIpc) is 3.48. The smallest absolute Gasteiger partial charge is 0.137 e. The van der Waals surface area contributed by atoms with Crippen molar-refractivity contribution >= 4 is 28.0 Å². The monoisotopic (exact) mass is 590 g/mol. The zero-order valence-electron chi connectivity index (χ0n) is 25.1. The van der Waals surface area contributed by atoms with E-state index in [9.17, 15) is 0 Å². The lowest BCUT2D eigenvalue weighted by atomic mass is 9.98. The van der Waals surface area contributed by atoms with Crippen LogP contribution in [-0.2, 0) is 0 Å². The molecule has 8 rings (SSSR count). The predicted octanol–water partition coefficient (Wildman–Crippen LogP) is 10.9. The van der Waals surface area contributed by atoms with Crippen molar-refractivity contribution in [2.75, 3.05) is 4.90 Å². The van der Waals surface area contributed by atoms with Gasteiger partial charge in [-0.25, -0.2) is 4.98 Å². The Morgan fingerprint density at radius 1 is 0.435 bits per heavy atom. The van der Waals surface area contributed by atoms with Crippen molar-refractivity contribution in [3.05, 3.63) is 182 Å². The molecule has 0 saturated heterocycles. The summed E-state index contributed by atoms with van der Waals surface area (Å²) in [6.07, 6.45) is 3.70. The standard InChI is InChI=1S/C42H30N4/c1-4-15-31(16-5-1)41-37-26-25-36(30-39(37)46(40-24-11-13-28-44-40)42(41)32-17-6-2-7-18-32)45(34-20-8-3-9-21-34)35-22-14-19-33(29-35)38-23-10-12-27-43-38/h1-30H. The number of benzene rings is 5. The van der Waals surface area contributed by atoms with Crippen LogP contribution in [0.5, 0.6) is 0 Å². The van der Waals surface area contributed by atoms with Gasteiger partial charge in [0, 0.05) is 46.0 Å². The van der Waals surface area contributed by atoms with Crippen molar-refractivity contribution in [3.8, 4) is 39.5 Å². The number of hydrogen-bond acceptors (Lipinski definition) is 3. The SMILES string of the molecule is c1ccc(-c2c(-c3ccccc3)n(-c3ccccn3)c3cc(N(c4ccccc4)c4cccc(-c5ccccn5)c4)ccc23)cc1. The highest BCUT2D eigenvalue weighted by Gasteiger charge is 2.23. The molecule has 0 aliphatic carbocycles. The Morgan fingerprint density at radius 2 is 1.04 bits per heavy atom. The lowest BCUT2D eigenvalue weighted by Crippen LogP contribution is -2.10. The van der Waals surface area contributed by atoms with Gasteiger partial charge in [-0.1, -0.05) is 109 Å². The first-order chi connectivity index (χ1) is 22.8. The summed E-state index contributed by atoms with van der Waals surface area (Å²) < 4.78 is 2.31. The lowest BCUT2D eigenvalue weighted by molar-refractivity contribution is 1.05. The summed E-state index contributed by atoms with van der Waals surface area (Å²) in [5.74, 6) is 0.870. The number of pyridine rings is 2. The van der Waals surface area contributed by atoms with E-state index in [4.69, 9.17) is 4.98 Å². The zero-order chi connectivity index (χ0) is 30.7. The van der Waals surface area contributed by atoms with Crippen LogP contribution in [0.4, 0.5) is 17.1 Å². The summed E-state index contributed by atoms with van der Waals surface area (Å²) in [5.41, 5.74) is 10.8. The maximum atomic E-state index is 4.87. The third kappa shape index (κ3) is 5.02. The minimum absolute atomic E-state index is 0.870. The summed E-state index contributed by atoms with van der Waals surface area (Å²) in [7, 11) is 0. The molecule has 0 radical (unpaired) electrons. The quantitative estimate of drug-likeness (QED) is 0.185. The minimum Gasteiger partial charge on any atom is -0.310 e. The molecule has 0 N–H and O–H groups in total. The number of nitrogens with zero attached hydrogens (tertiary/aromatic N) is 4. The van der Waals surface area contributed by atoms with Crippen LogP contribution in [0.25, 0.3) is 50.4 Å². The number of para-hydroxylation sites is 1. The van der Waals surface area contributed by atoms with Gasteiger partial charge in [0.05, 0.1) is 16.9 Å². The molecule has 4 nitrogen and oxygen atoms in total. The highest BCUT2D eigenvalue weighted by Crippen LogP contribution is 2.45. The Bertz CT molecular complexity index is 2230. The molecular weight excluding hydrogens is 560 g/mol. The van der Waals surface area contributed by atoms with Crippen molar-refractivity contribution < 1.29 is 0 Å². The molecule has 0 atom stereocenters. The van der Waals surface area contributed by atoms with E-state index in [-0.39, 0.29) is 0 Å². The fourth-order valence-corrected chi connectivity index (χ4v) is 6.27. The van der Waals surface area contributed by atoms with E-state index < -0.39 is 0 Å². The first kappa shape index (κ1) is 27.3. The zero-order valence-corrected chi connectivity index (χ0v) is 25.1. The summed E-state index contributed by atoms with van der Waals surface area (Å²) in [5, 5.41) is 1.16. The van der Waals surface area contributed by atoms with Gasteiger partial charge in [0.1, 0.15) is 5.82 Å². The molecule has 0 fully saturated rings. The fourth-order valence-electron chi connectivity index (χ4n) is 6.27. The van der Waals surface area contributed by atoms with E-state index in [0.29, 0.717) is 0 Å². The van der Waals surface area contributed by atoms with Crippen LogP contribution < -0.4 is 4.90 Å². The molecule has 0 spiro atoms. The van der Waals surface area contributed by atoms with Gasteiger partial charge in [0.2, 0.25) is 0 Å². The Kier molecular flexibility index (Phi) is 7.14. The van der Waals surface area contributed by atoms with E-state index in [1.807, 2.05) is 42.7 Å². The highest BCUT2D eigenvalue weighted by molar-refractivity contribution is 6.07. The maximum Gasteiger partial charge on any atom is 0.137 e. The molecule has 0 bridgehead atoms. The molecule has 0 saturated carbocycles.